The van der Waals surface area contributed by atoms with Crippen LogP contribution in [-0.4, -0.2) is 83.2 Å². The summed E-state index contributed by atoms with van der Waals surface area (Å²) in [7, 11) is 0. The van der Waals surface area contributed by atoms with Crippen LogP contribution < -0.4 is 0 Å². The minimum atomic E-state index is -2.74. The van der Waals surface area contributed by atoms with E-state index < -0.39 is 36.4 Å². The summed E-state index contributed by atoms with van der Waals surface area (Å²) < 4.78 is 14.8. The standard InChI is InChI=1S/C17H21FN4.C6H8O7/c18-17-5-3-15(4-6-17)16-7-11-21(12-8-16)9-1-2-10-22-14-19-13-20-22;7-3(8)1-6(13,5(11)12)2-4(9)10/h3-7,13-14H,1-2,8-12H2;13H,1-2H2,(H,7,8)(H,9,10)(H,11,12). The number of rotatable bonds is 11. The number of unbranched alkanes of at least 4 members (excludes halogenated alkanes) is 1. The fourth-order valence-corrected chi connectivity index (χ4v) is 3.51. The summed E-state index contributed by atoms with van der Waals surface area (Å²) in [6.45, 7) is 4.11. The molecule has 1 aromatic carbocycles. The maximum atomic E-state index is 13.0. The van der Waals surface area contributed by atoms with Crippen LogP contribution in [0.1, 0.15) is 37.7 Å². The summed E-state index contributed by atoms with van der Waals surface area (Å²) in [5, 5.41) is 37.9. The van der Waals surface area contributed by atoms with Gasteiger partial charge in [0.15, 0.2) is 5.60 Å². The van der Waals surface area contributed by atoms with Gasteiger partial charge in [-0.15, -0.1) is 0 Å². The van der Waals surface area contributed by atoms with Gasteiger partial charge >= 0.3 is 17.9 Å². The van der Waals surface area contributed by atoms with Crippen molar-refractivity contribution in [1.82, 2.24) is 19.7 Å². The summed E-state index contributed by atoms with van der Waals surface area (Å²) in [5.41, 5.74) is -0.261. The van der Waals surface area contributed by atoms with Crippen molar-refractivity contribution in [2.45, 2.75) is 44.2 Å². The molecule has 0 saturated carbocycles. The molecule has 12 heteroatoms. The number of benzene rings is 1. The van der Waals surface area contributed by atoms with Crippen molar-refractivity contribution in [3.63, 3.8) is 0 Å². The quantitative estimate of drug-likeness (QED) is 0.339. The predicted molar refractivity (Wildman–Crippen MR) is 122 cm³/mol. The first-order valence-electron chi connectivity index (χ1n) is 11.0. The summed E-state index contributed by atoms with van der Waals surface area (Å²) in [4.78, 5) is 36.9. The zero-order valence-corrected chi connectivity index (χ0v) is 19.1. The van der Waals surface area contributed by atoms with E-state index in [4.69, 9.17) is 20.4 Å². The monoisotopic (exact) mass is 492 g/mol. The number of carboxylic acids is 3. The van der Waals surface area contributed by atoms with E-state index in [1.54, 1.807) is 12.7 Å². The first kappa shape index (κ1) is 27.6. The smallest absolute Gasteiger partial charge is 0.336 e. The van der Waals surface area contributed by atoms with Crippen LogP contribution in [0.25, 0.3) is 5.57 Å². The number of halogens is 1. The Balaban J connectivity index is 0.000000287. The van der Waals surface area contributed by atoms with E-state index in [0.717, 1.165) is 44.6 Å². The molecule has 0 aliphatic carbocycles. The molecule has 0 radical (unpaired) electrons. The van der Waals surface area contributed by atoms with Gasteiger partial charge in [0.2, 0.25) is 0 Å². The lowest BCUT2D eigenvalue weighted by molar-refractivity contribution is -0.170. The van der Waals surface area contributed by atoms with E-state index >= 15 is 0 Å². The summed E-state index contributed by atoms with van der Waals surface area (Å²) in [6.07, 6.45) is 6.64. The van der Waals surface area contributed by atoms with Crippen molar-refractivity contribution in [2.75, 3.05) is 19.6 Å². The molecule has 0 atom stereocenters. The Morgan fingerprint density at radius 1 is 1.00 bits per heavy atom. The largest absolute Gasteiger partial charge is 0.481 e. The lowest BCUT2D eigenvalue weighted by atomic mass is 9.96. The SMILES string of the molecule is Fc1ccc(C2=CCN(CCCCn3cncn3)CC2)cc1.O=C(O)CC(O)(CC(=O)O)C(=O)O. The van der Waals surface area contributed by atoms with Gasteiger partial charge in [-0.25, -0.2) is 14.2 Å². The number of aliphatic hydroxyl groups is 1. The van der Waals surface area contributed by atoms with E-state index in [0.29, 0.717) is 0 Å². The lowest BCUT2D eigenvalue weighted by Gasteiger charge is -2.26. The molecule has 0 bridgehead atoms. The molecule has 11 nitrogen and oxygen atoms in total. The van der Waals surface area contributed by atoms with Crippen molar-refractivity contribution < 1.29 is 39.2 Å². The van der Waals surface area contributed by atoms with Crippen molar-refractivity contribution in [3.05, 3.63) is 54.4 Å². The van der Waals surface area contributed by atoms with Crippen molar-refractivity contribution >= 4 is 23.5 Å². The molecule has 3 rings (SSSR count). The Morgan fingerprint density at radius 2 is 1.63 bits per heavy atom. The maximum Gasteiger partial charge on any atom is 0.336 e. The van der Waals surface area contributed by atoms with E-state index in [9.17, 15) is 18.8 Å². The maximum absolute atomic E-state index is 13.0. The van der Waals surface area contributed by atoms with E-state index in [2.05, 4.69) is 21.1 Å². The number of carbonyl (C=O) groups is 3. The molecule has 2 aromatic rings. The van der Waals surface area contributed by atoms with Crippen LogP contribution in [0.3, 0.4) is 0 Å². The average Bonchev–Trinajstić information content (AvgIpc) is 3.31. The molecule has 1 aliphatic rings. The molecule has 0 saturated heterocycles. The van der Waals surface area contributed by atoms with Crippen LogP contribution in [-0.2, 0) is 20.9 Å². The minimum absolute atomic E-state index is 0.172. The van der Waals surface area contributed by atoms with Gasteiger partial charge in [-0.1, -0.05) is 18.2 Å². The third-order valence-electron chi connectivity index (χ3n) is 5.37. The van der Waals surface area contributed by atoms with Gasteiger partial charge < -0.3 is 20.4 Å². The molecule has 0 unspecified atom stereocenters. The summed E-state index contributed by atoms with van der Waals surface area (Å²) >= 11 is 0. The summed E-state index contributed by atoms with van der Waals surface area (Å²) in [5.74, 6) is -5.19. The normalized spacial score (nSPS) is 13.9. The zero-order chi connectivity index (χ0) is 25.8. The van der Waals surface area contributed by atoms with E-state index in [-0.39, 0.29) is 5.82 Å². The number of hydrogen-bond acceptors (Lipinski definition) is 7. The van der Waals surface area contributed by atoms with Gasteiger partial charge in [-0.3, -0.25) is 19.2 Å². The van der Waals surface area contributed by atoms with Crippen LogP contribution >= 0.6 is 0 Å². The van der Waals surface area contributed by atoms with Gasteiger partial charge in [-0.2, -0.15) is 5.10 Å². The van der Waals surface area contributed by atoms with Gasteiger partial charge in [0.05, 0.1) is 12.8 Å². The highest BCUT2D eigenvalue weighted by molar-refractivity contribution is 5.88. The zero-order valence-electron chi connectivity index (χ0n) is 19.1. The molecule has 1 aromatic heterocycles. The second-order valence-corrected chi connectivity index (χ2v) is 8.13. The fourth-order valence-electron chi connectivity index (χ4n) is 3.51. The van der Waals surface area contributed by atoms with Crippen LogP contribution in [0.15, 0.2) is 43.0 Å². The van der Waals surface area contributed by atoms with Crippen molar-refractivity contribution in [1.29, 1.82) is 0 Å². The molecule has 35 heavy (non-hydrogen) atoms. The van der Waals surface area contributed by atoms with E-state index in [1.165, 1.54) is 24.1 Å². The van der Waals surface area contributed by atoms with Gasteiger partial charge in [0, 0.05) is 19.6 Å². The molecule has 0 amide bonds. The molecule has 4 N–H and O–H groups in total. The molecule has 0 spiro atoms. The molecule has 2 heterocycles. The van der Waals surface area contributed by atoms with Crippen LogP contribution in [0.5, 0.6) is 0 Å². The molecular formula is C23H29FN4O7. The molecule has 190 valence electrons. The van der Waals surface area contributed by atoms with Crippen molar-refractivity contribution in [3.8, 4) is 0 Å². The lowest BCUT2D eigenvalue weighted by Crippen LogP contribution is -2.42. The topological polar surface area (TPSA) is 166 Å². The number of aryl methyl sites for hydroxylation is 1. The Kier molecular flexibility index (Phi) is 10.5. The van der Waals surface area contributed by atoms with Gasteiger partial charge in [-0.05, 0) is 49.1 Å². The highest BCUT2D eigenvalue weighted by Gasteiger charge is 2.40. The number of aliphatic carboxylic acids is 3. The Morgan fingerprint density at radius 3 is 2.11 bits per heavy atom. The van der Waals surface area contributed by atoms with E-state index in [1.807, 2.05) is 16.8 Å². The summed E-state index contributed by atoms with van der Waals surface area (Å²) in [6, 6.07) is 6.81. The predicted octanol–water partition coefficient (Wildman–Crippen LogP) is 1.74. The third kappa shape index (κ3) is 9.63. The third-order valence-corrected chi connectivity index (χ3v) is 5.37. The number of aromatic nitrogens is 3. The van der Waals surface area contributed by atoms with Crippen LogP contribution in [0.4, 0.5) is 4.39 Å². The highest BCUT2D eigenvalue weighted by atomic mass is 19.1. The van der Waals surface area contributed by atoms with Crippen molar-refractivity contribution in [2.24, 2.45) is 0 Å². The second-order valence-electron chi connectivity index (χ2n) is 8.13. The molecule has 0 fully saturated rings. The number of hydrogen-bond donors (Lipinski definition) is 4. The molecular weight excluding hydrogens is 463 g/mol. The highest BCUT2D eigenvalue weighted by Crippen LogP contribution is 2.22. The van der Waals surface area contributed by atoms with Crippen LogP contribution in [0.2, 0.25) is 0 Å². The number of nitrogens with zero attached hydrogens (tertiary/aromatic N) is 4. The first-order valence-corrected chi connectivity index (χ1v) is 11.0. The Hall–Kier alpha value is -3.64. The van der Waals surface area contributed by atoms with Gasteiger partial charge in [0.25, 0.3) is 0 Å². The number of carboxylic acid groups (broad SMARTS) is 3. The second kappa shape index (κ2) is 13.3. The fraction of sp³-hybridized carbons (Fsp3) is 0.435. The Bertz CT molecular complexity index is 993. The molecule has 1 aliphatic heterocycles. The van der Waals surface area contributed by atoms with Crippen LogP contribution in [0, 0.1) is 5.82 Å². The minimum Gasteiger partial charge on any atom is -0.481 e. The first-order chi connectivity index (χ1) is 16.6. The average molecular weight is 493 g/mol. The van der Waals surface area contributed by atoms with Gasteiger partial charge in [0.1, 0.15) is 18.5 Å². The Labute approximate surface area is 201 Å².